The zero-order chi connectivity index (χ0) is 12.4. The average Bonchev–Trinajstić information content (AvgIpc) is 2.90. The summed E-state index contributed by atoms with van der Waals surface area (Å²) in [7, 11) is 0. The normalized spacial score (nSPS) is 16.9. The van der Waals surface area contributed by atoms with Crippen molar-refractivity contribution in [3.05, 3.63) is 39.1 Å². The van der Waals surface area contributed by atoms with Gasteiger partial charge in [-0.15, -0.1) is 11.3 Å². The highest BCUT2D eigenvalue weighted by Crippen LogP contribution is 2.32. The Bertz CT molecular complexity index is 517. The molecule has 0 N–H and O–H groups in total. The van der Waals surface area contributed by atoms with Gasteiger partial charge in [-0.1, -0.05) is 28.1 Å². The first kappa shape index (κ1) is 12.3. The fourth-order valence-electron chi connectivity index (χ4n) is 2.17. The molecule has 1 aromatic heterocycles. The number of rotatable bonds is 2. The molecule has 1 aliphatic heterocycles. The van der Waals surface area contributed by atoms with Gasteiger partial charge in [0.15, 0.2) is 0 Å². The number of halogens is 1. The molecule has 0 saturated carbocycles. The number of thiazole rings is 1. The second-order valence-corrected chi connectivity index (χ2v) is 6.27. The quantitative estimate of drug-likeness (QED) is 0.813. The van der Waals surface area contributed by atoms with E-state index in [9.17, 15) is 0 Å². The van der Waals surface area contributed by atoms with Gasteiger partial charge in [0.1, 0.15) is 0 Å². The monoisotopic (exact) mass is 323 g/mol. The van der Waals surface area contributed by atoms with E-state index in [4.69, 9.17) is 9.72 Å². The van der Waals surface area contributed by atoms with E-state index in [-0.39, 0.29) is 0 Å². The summed E-state index contributed by atoms with van der Waals surface area (Å²) in [4.78, 5) is 4.78. The number of hydrogen-bond donors (Lipinski definition) is 0. The lowest BCUT2D eigenvalue weighted by atomic mass is 10.0. The summed E-state index contributed by atoms with van der Waals surface area (Å²) in [6.45, 7) is 1.75. The van der Waals surface area contributed by atoms with E-state index >= 15 is 0 Å². The van der Waals surface area contributed by atoms with Crippen molar-refractivity contribution in [1.29, 1.82) is 0 Å². The minimum atomic E-state index is 0.591. The molecule has 0 radical (unpaired) electrons. The topological polar surface area (TPSA) is 22.1 Å². The maximum absolute atomic E-state index is 5.40. The van der Waals surface area contributed by atoms with Crippen molar-refractivity contribution in [2.24, 2.45) is 0 Å². The first-order valence-electron chi connectivity index (χ1n) is 6.12. The Kier molecular flexibility index (Phi) is 3.77. The summed E-state index contributed by atoms with van der Waals surface area (Å²) in [5.74, 6) is 0.591. The summed E-state index contributed by atoms with van der Waals surface area (Å²) < 4.78 is 6.50. The smallest absolute Gasteiger partial charge is 0.0965 e. The highest BCUT2D eigenvalue weighted by Gasteiger charge is 2.19. The molecule has 0 unspecified atom stereocenters. The van der Waals surface area contributed by atoms with Crippen LogP contribution in [0.25, 0.3) is 11.3 Å². The van der Waals surface area contributed by atoms with E-state index in [1.807, 2.05) is 0 Å². The largest absolute Gasteiger partial charge is 0.381 e. The highest BCUT2D eigenvalue weighted by atomic mass is 79.9. The van der Waals surface area contributed by atoms with Crippen molar-refractivity contribution in [2.45, 2.75) is 18.8 Å². The molecule has 1 saturated heterocycles. The van der Waals surface area contributed by atoms with Gasteiger partial charge in [0.05, 0.1) is 10.7 Å². The van der Waals surface area contributed by atoms with E-state index in [1.54, 1.807) is 11.3 Å². The lowest BCUT2D eigenvalue weighted by molar-refractivity contribution is 0.0853. The standard InChI is InChI=1S/C14H14BrNOS/c15-12-3-1-10(2-4-12)13-9-18-14(16-13)11-5-7-17-8-6-11/h1-4,9,11H,5-8H2. The van der Waals surface area contributed by atoms with Gasteiger partial charge in [-0.2, -0.15) is 0 Å². The van der Waals surface area contributed by atoms with E-state index in [0.29, 0.717) is 5.92 Å². The van der Waals surface area contributed by atoms with E-state index in [2.05, 4.69) is 45.6 Å². The first-order valence-corrected chi connectivity index (χ1v) is 7.79. The Morgan fingerprint density at radius 1 is 1.17 bits per heavy atom. The molecule has 1 aliphatic rings. The third-order valence-electron chi connectivity index (χ3n) is 3.23. The third kappa shape index (κ3) is 2.66. The van der Waals surface area contributed by atoms with Crippen molar-refractivity contribution < 1.29 is 4.74 Å². The van der Waals surface area contributed by atoms with Crippen LogP contribution < -0.4 is 0 Å². The van der Waals surface area contributed by atoms with Gasteiger partial charge in [-0.3, -0.25) is 0 Å². The van der Waals surface area contributed by atoms with Crippen LogP contribution in [0.2, 0.25) is 0 Å². The van der Waals surface area contributed by atoms with Crippen LogP contribution >= 0.6 is 27.3 Å². The molecule has 1 aromatic carbocycles. The summed E-state index contributed by atoms with van der Waals surface area (Å²) in [5.41, 5.74) is 2.28. The molecule has 2 nitrogen and oxygen atoms in total. The molecule has 1 fully saturated rings. The number of aromatic nitrogens is 1. The van der Waals surface area contributed by atoms with E-state index in [0.717, 1.165) is 36.2 Å². The predicted molar refractivity (Wildman–Crippen MR) is 78.0 cm³/mol. The Morgan fingerprint density at radius 3 is 2.61 bits per heavy atom. The van der Waals surface area contributed by atoms with Crippen LogP contribution in [0.1, 0.15) is 23.8 Å². The molecule has 2 aromatic rings. The first-order chi connectivity index (χ1) is 8.83. The van der Waals surface area contributed by atoms with Crippen LogP contribution in [0.5, 0.6) is 0 Å². The van der Waals surface area contributed by atoms with Gasteiger partial charge in [0, 0.05) is 34.5 Å². The average molecular weight is 324 g/mol. The molecule has 0 amide bonds. The van der Waals surface area contributed by atoms with Crippen molar-refractivity contribution >= 4 is 27.3 Å². The van der Waals surface area contributed by atoms with Crippen LogP contribution in [0.4, 0.5) is 0 Å². The Balaban J connectivity index is 1.82. The number of hydrogen-bond acceptors (Lipinski definition) is 3. The molecule has 3 rings (SSSR count). The Morgan fingerprint density at radius 2 is 1.89 bits per heavy atom. The summed E-state index contributed by atoms with van der Waals surface area (Å²) in [6.07, 6.45) is 2.21. The molecule has 0 atom stereocenters. The van der Waals surface area contributed by atoms with Crippen LogP contribution in [0.15, 0.2) is 34.1 Å². The van der Waals surface area contributed by atoms with Crippen molar-refractivity contribution in [1.82, 2.24) is 4.98 Å². The molecule has 0 bridgehead atoms. The Labute approximate surface area is 119 Å². The second-order valence-electron chi connectivity index (χ2n) is 4.46. The minimum Gasteiger partial charge on any atom is -0.381 e. The Hall–Kier alpha value is -0.710. The SMILES string of the molecule is Brc1ccc(-c2csc(C3CCOCC3)n2)cc1. The minimum absolute atomic E-state index is 0.591. The molecular formula is C14H14BrNOS. The van der Waals surface area contributed by atoms with Gasteiger partial charge >= 0.3 is 0 Å². The third-order valence-corrected chi connectivity index (χ3v) is 4.77. The van der Waals surface area contributed by atoms with Gasteiger partial charge in [0.25, 0.3) is 0 Å². The lowest BCUT2D eigenvalue weighted by Gasteiger charge is -2.19. The molecule has 0 aliphatic carbocycles. The fourth-order valence-corrected chi connectivity index (χ4v) is 3.44. The predicted octanol–water partition coefficient (Wildman–Crippen LogP) is 4.47. The molecule has 0 spiro atoms. The number of nitrogens with zero attached hydrogens (tertiary/aromatic N) is 1. The highest BCUT2D eigenvalue weighted by molar-refractivity contribution is 9.10. The van der Waals surface area contributed by atoms with Gasteiger partial charge < -0.3 is 4.74 Å². The van der Waals surface area contributed by atoms with E-state index < -0.39 is 0 Å². The summed E-state index contributed by atoms with van der Waals surface area (Å²) >= 11 is 5.23. The number of ether oxygens (including phenoxy) is 1. The zero-order valence-electron chi connectivity index (χ0n) is 9.93. The fraction of sp³-hybridized carbons (Fsp3) is 0.357. The molecular weight excluding hydrogens is 310 g/mol. The van der Waals surface area contributed by atoms with Crippen LogP contribution in [-0.2, 0) is 4.74 Å². The van der Waals surface area contributed by atoms with Gasteiger partial charge in [-0.05, 0) is 25.0 Å². The maximum atomic E-state index is 5.40. The molecule has 94 valence electrons. The van der Waals surface area contributed by atoms with Gasteiger partial charge in [0.2, 0.25) is 0 Å². The van der Waals surface area contributed by atoms with Gasteiger partial charge in [-0.25, -0.2) is 4.98 Å². The summed E-state index contributed by atoms with van der Waals surface area (Å²) in [5, 5.41) is 3.42. The van der Waals surface area contributed by atoms with Crippen LogP contribution in [0.3, 0.4) is 0 Å². The molecule has 18 heavy (non-hydrogen) atoms. The van der Waals surface area contributed by atoms with Crippen molar-refractivity contribution in [2.75, 3.05) is 13.2 Å². The van der Waals surface area contributed by atoms with Crippen LogP contribution in [0, 0.1) is 0 Å². The second kappa shape index (κ2) is 5.51. The van der Waals surface area contributed by atoms with Crippen molar-refractivity contribution in [3.8, 4) is 11.3 Å². The van der Waals surface area contributed by atoms with Crippen molar-refractivity contribution in [3.63, 3.8) is 0 Å². The lowest BCUT2D eigenvalue weighted by Crippen LogP contribution is -2.13. The number of benzene rings is 1. The van der Waals surface area contributed by atoms with E-state index in [1.165, 1.54) is 10.6 Å². The zero-order valence-corrected chi connectivity index (χ0v) is 12.3. The molecule has 2 heterocycles. The molecule has 4 heteroatoms. The maximum Gasteiger partial charge on any atom is 0.0965 e. The summed E-state index contributed by atoms with van der Waals surface area (Å²) in [6, 6.07) is 8.32. The van der Waals surface area contributed by atoms with Crippen LogP contribution in [-0.4, -0.2) is 18.2 Å².